The number of hydrogen-bond acceptors (Lipinski definition) is 4. The van der Waals surface area contributed by atoms with Gasteiger partial charge < -0.3 is 10.6 Å². The number of hydrogen-bond donors (Lipinski definition) is 2. The topological polar surface area (TPSA) is 95.6 Å². The SMILES string of the molecule is CC(C)[C@@H](NC(=O)C1CCCN(S(=O)(=O)c2ccc(F)cc2)C1)C(=O)NC1CC1. The average Bonchev–Trinajstić information content (AvgIpc) is 3.50. The van der Waals surface area contributed by atoms with Gasteiger partial charge in [-0.05, 0) is 55.9 Å². The van der Waals surface area contributed by atoms with Gasteiger partial charge in [0.15, 0.2) is 0 Å². The van der Waals surface area contributed by atoms with E-state index in [1.54, 1.807) is 0 Å². The Hall–Kier alpha value is -2.00. The van der Waals surface area contributed by atoms with Crippen LogP contribution in [0.3, 0.4) is 0 Å². The van der Waals surface area contributed by atoms with Crippen molar-refractivity contribution in [3.05, 3.63) is 30.1 Å². The van der Waals surface area contributed by atoms with Crippen LogP contribution in [0.25, 0.3) is 0 Å². The number of benzene rings is 1. The second-order valence-electron chi connectivity index (χ2n) is 8.17. The summed E-state index contributed by atoms with van der Waals surface area (Å²) in [7, 11) is -3.81. The lowest BCUT2D eigenvalue weighted by molar-refractivity contribution is -0.132. The van der Waals surface area contributed by atoms with Gasteiger partial charge in [-0.25, -0.2) is 12.8 Å². The highest BCUT2D eigenvalue weighted by molar-refractivity contribution is 7.89. The molecule has 1 unspecified atom stereocenters. The quantitative estimate of drug-likeness (QED) is 0.694. The van der Waals surface area contributed by atoms with Gasteiger partial charge in [0.25, 0.3) is 0 Å². The molecule has 3 rings (SSSR count). The van der Waals surface area contributed by atoms with Crippen LogP contribution in [-0.4, -0.2) is 49.7 Å². The normalized spacial score (nSPS) is 21.6. The van der Waals surface area contributed by atoms with Crippen molar-refractivity contribution in [3.63, 3.8) is 0 Å². The Kier molecular flexibility index (Phi) is 6.58. The van der Waals surface area contributed by atoms with Crippen molar-refractivity contribution in [1.29, 1.82) is 0 Å². The monoisotopic (exact) mass is 425 g/mol. The lowest BCUT2D eigenvalue weighted by atomic mass is 9.96. The minimum atomic E-state index is -3.81. The van der Waals surface area contributed by atoms with Gasteiger partial charge in [0, 0.05) is 19.1 Å². The van der Waals surface area contributed by atoms with Crippen LogP contribution in [0.5, 0.6) is 0 Å². The average molecular weight is 426 g/mol. The summed E-state index contributed by atoms with van der Waals surface area (Å²) in [6, 6.07) is 4.22. The summed E-state index contributed by atoms with van der Waals surface area (Å²) >= 11 is 0. The van der Waals surface area contributed by atoms with Crippen molar-refractivity contribution in [1.82, 2.24) is 14.9 Å². The first-order chi connectivity index (χ1) is 13.7. The molecule has 2 fully saturated rings. The number of rotatable bonds is 7. The molecule has 0 spiro atoms. The van der Waals surface area contributed by atoms with Crippen molar-refractivity contribution >= 4 is 21.8 Å². The highest BCUT2D eigenvalue weighted by atomic mass is 32.2. The van der Waals surface area contributed by atoms with E-state index < -0.39 is 27.8 Å². The summed E-state index contributed by atoms with van der Waals surface area (Å²) < 4.78 is 40.1. The van der Waals surface area contributed by atoms with Gasteiger partial charge in [-0.2, -0.15) is 4.31 Å². The molecule has 1 saturated carbocycles. The van der Waals surface area contributed by atoms with Crippen LogP contribution < -0.4 is 10.6 Å². The third-order valence-electron chi connectivity index (χ3n) is 5.38. The third-order valence-corrected chi connectivity index (χ3v) is 7.26. The van der Waals surface area contributed by atoms with Gasteiger partial charge >= 0.3 is 0 Å². The zero-order chi connectivity index (χ0) is 21.2. The number of sulfonamides is 1. The Morgan fingerprint density at radius 2 is 1.79 bits per heavy atom. The molecule has 1 aliphatic heterocycles. The minimum absolute atomic E-state index is 0.00354. The maximum Gasteiger partial charge on any atom is 0.243 e. The van der Waals surface area contributed by atoms with E-state index in [0.29, 0.717) is 19.4 Å². The molecule has 2 aliphatic rings. The third kappa shape index (κ3) is 5.33. The highest BCUT2D eigenvalue weighted by Crippen LogP contribution is 2.25. The highest BCUT2D eigenvalue weighted by Gasteiger charge is 2.36. The van der Waals surface area contributed by atoms with Crippen LogP contribution in [-0.2, 0) is 19.6 Å². The number of carbonyl (C=O) groups is 2. The van der Waals surface area contributed by atoms with Gasteiger partial charge in [-0.15, -0.1) is 0 Å². The van der Waals surface area contributed by atoms with Crippen LogP contribution >= 0.6 is 0 Å². The standard InChI is InChI=1S/C20H28FN3O4S/c1-13(2)18(20(26)22-16-7-8-16)23-19(25)14-4-3-11-24(12-14)29(27,28)17-9-5-15(21)6-10-17/h5-6,9-10,13-14,16,18H,3-4,7-8,11-12H2,1-2H3,(H,22,26)(H,23,25)/t14?,18-/m1/s1. The van der Waals surface area contributed by atoms with Crippen LogP contribution in [0.15, 0.2) is 29.2 Å². The molecule has 7 nitrogen and oxygen atoms in total. The fraction of sp³-hybridized carbons (Fsp3) is 0.600. The molecular weight excluding hydrogens is 397 g/mol. The number of nitrogens with zero attached hydrogens (tertiary/aromatic N) is 1. The smallest absolute Gasteiger partial charge is 0.243 e. The molecular formula is C20H28FN3O4S. The van der Waals surface area contributed by atoms with Crippen molar-refractivity contribution < 1.29 is 22.4 Å². The minimum Gasteiger partial charge on any atom is -0.352 e. The number of nitrogens with one attached hydrogen (secondary N) is 2. The molecule has 9 heteroatoms. The van der Waals surface area contributed by atoms with E-state index in [1.165, 1.54) is 16.4 Å². The first-order valence-electron chi connectivity index (χ1n) is 10.0. The predicted molar refractivity (Wildman–Crippen MR) is 106 cm³/mol. The van der Waals surface area contributed by atoms with Gasteiger partial charge in [0.05, 0.1) is 10.8 Å². The molecule has 0 aromatic heterocycles. The summed E-state index contributed by atoms with van der Waals surface area (Å²) in [5, 5.41) is 5.73. The van der Waals surface area contributed by atoms with E-state index in [9.17, 15) is 22.4 Å². The first kappa shape index (κ1) is 21.7. The predicted octanol–water partition coefficient (Wildman–Crippen LogP) is 1.65. The molecule has 160 valence electrons. The largest absolute Gasteiger partial charge is 0.352 e. The Morgan fingerprint density at radius 1 is 1.14 bits per heavy atom. The maximum atomic E-state index is 13.1. The van der Waals surface area contributed by atoms with E-state index in [1.807, 2.05) is 13.8 Å². The Balaban J connectivity index is 1.66. The zero-order valence-electron chi connectivity index (χ0n) is 16.7. The lowest BCUT2D eigenvalue weighted by Crippen LogP contribution is -2.53. The zero-order valence-corrected chi connectivity index (χ0v) is 17.5. The van der Waals surface area contributed by atoms with Crippen molar-refractivity contribution in [2.24, 2.45) is 11.8 Å². The van der Waals surface area contributed by atoms with E-state index in [0.717, 1.165) is 25.0 Å². The lowest BCUT2D eigenvalue weighted by Gasteiger charge is -2.32. The van der Waals surface area contributed by atoms with Crippen molar-refractivity contribution in [2.45, 2.75) is 56.5 Å². The fourth-order valence-electron chi connectivity index (χ4n) is 3.46. The van der Waals surface area contributed by atoms with E-state index in [2.05, 4.69) is 10.6 Å². The number of carbonyl (C=O) groups excluding carboxylic acids is 2. The molecule has 1 aromatic rings. The summed E-state index contributed by atoms with van der Waals surface area (Å²) in [5.41, 5.74) is 0. The second-order valence-corrected chi connectivity index (χ2v) is 10.1. The summed E-state index contributed by atoms with van der Waals surface area (Å²) in [4.78, 5) is 25.2. The van der Waals surface area contributed by atoms with Gasteiger partial charge in [-0.3, -0.25) is 9.59 Å². The van der Waals surface area contributed by atoms with Gasteiger partial charge in [0.1, 0.15) is 11.9 Å². The first-order valence-corrected chi connectivity index (χ1v) is 11.5. The molecule has 2 N–H and O–H groups in total. The van der Waals surface area contributed by atoms with Crippen LogP contribution in [0.4, 0.5) is 4.39 Å². The summed E-state index contributed by atoms with van der Waals surface area (Å²) in [5.74, 6) is -1.63. The molecule has 29 heavy (non-hydrogen) atoms. The Bertz CT molecular complexity index is 853. The van der Waals surface area contributed by atoms with E-state index in [4.69, 9.17) is 0 Å². The van der Waals surface area contributed by atoms with Crippen molar-refractivity contribution in [2.75, 3.05) is 13.1 Å². The molecule has 2 amide bonds. The summed E-state index contributed by atoms with van der Waals surface area (Å²) in [6.07, 6.45) is 3.02. The van der Waals surface area contributed by atoms with Gasteiger partial charge in [-0.1, -0.05) is 13.8 Å². The molecule has 1 saturated heterocycles. The Labute approximate surface area is 171 Å². The Morgan fingerprint density at radius 3 is 2.38 bits per heavy atom. The number of piperidine rings is 1. The summed E-state index contributed by atoms with van der Waals surface area (Å²) in [6.45, 7) is 4.08. The van der Waals surface area contributed by atoms with Crippen LogP contribution in [0, 0.1) is 17.7 Å². The molecule has 2 atom stereocenters. The molecule has 0 radical (unpaired) electrons. The van der Waals surface area contributed by atoms with Crippen LogP contribution in [0.1, 0.15) is 39.5 Å². The van der Waals surface area contributed by atoms with E-state index >= 15 is 0 Å². The van der Waals surface area contributed by atoms with E-state index in [-0.39, 0.29) is 35.2 Å². The molecule has 0 bridgehead atoms. The number of amides is 2. The van der Waals surface area contributed by atoms with Crippen molar-refractivity contribution in [3.8, 4) is 0 Å². The fourth-order valence-corrected chi connectivity index (χ4v) is 4.98. The molecule has 1 heterocycles. The van der Waals surface area contributed by atoms with Crippen LogP contribution in [0.2, 0.25) is 0 Å². The second kappa shape index (κ2) is 8.79. The molecule has 1 aromatic carbocycles. The van der Waals surface area contributed by atoms with Gasteiger partial charge in [0.2, 0.25) is 21.8 Å². The molecule has 1 aliphatic carbocycles. The maximum absolute atomic E-state index is 13.1. The number of halogens is 1.